The fourth-order valence-corrected chi connectivity index (χ4v) is 3.71. The fraction of sp³-hybridized carbons (Fsp3) is 0.571. The van der Waals surface area contributed by atoms with Crippen molar-refractivity contribution in [3.8, 4) is 5.75 Å². The van der Waals surface area contributed by atoms with Crippen LogP contribution in [0.2, 0.25) is 0 Å². The van der Waals surface area contributed by atoms with Gasteiger partial charge in [0.1, 0.15) is 12.4 Å². The van der Waals surface area contributed by atoms with Gasteiger partial charge >= 0.3 is 0 Å². The third-order valence-corrected chi connectivity index (χ3v) is 5.38. The van der Waals surface area contributed by atoms with Crippen molar-refractivity contribution < 1.29 is 23.0 Å². The molecule has 2 N–H and O–H groups in total. The molecule has 7 heteroatoms. The first-order valence-electron chi connectivity index (χ1n) is 6.87. The lowest BCUT2D eigenvalue weighted by molar-refractivity contribution is 0.0957. The van der Waals surface area contributed by atoms with Gasteiger partial charge in [0.15, 0.2) is 0 Å². The SMILES string of the molecule is CC1OCCC1(C)NS(=O)(=O)c1ccc(OCCO)cc1. The standard InChI is InChI=1S/C14H21NO5S/c1-11-14(2,7-9-19-11)15-21(17,18)13-5-3-12(4-6-13)20-10-8-16/h3-6,11,15-16H,7-10H2,1-2H3. The predicted octanol–water partition coefficient (Wildman–Crippen LogP) is 0.903. The van der Waals surface area contributed by atoms with Gasteiger partial charge in [0.2, 0.25) is 10.0 Å². The van der Waals surface area contributed by atoms with Gasteiger partial charge in [0, 0.05) is 6.61 Å². The van der Waals surface area contributed by atoms with Crippen molar-refractivity contribution in [1.29, 1.82) is 0 Å². The molecule has 1 aliphatic heterocycles. The van der Waals surface area contributed by atoms with Crippen LogP contribution in [0.4, 0.5) is 0 Å². The van der Waals surface area contributed by atoms with Crippen LogP contribution in [0.3, 0.4) is 0 Å². The molecule has 2 atom stereocenters. The third-order valence-electron chi connectivity index (χ3n) is 3.75. The number of benzene rings is 1. The summed E-state index contributed by atoms with van der Waals surface area (Å²) in [6.45, 7) is 4.35. The lowest BCUT2D eigenvalue weighted by Crippen LogP contribution is -2.50. The van der Waals surface area contributed by atoms with Crippen molar-refractivity contribution in [3.63, 3.8) is 0 Å². The van der Waals surface area contributed by atoms with E-state index in [2.05, 4.69) is 4.72 Å². The van der Waals surface area contributed by atoms with Crippen molar-refractivity contribution in [2.75, 3.05) is 19.8 Å². The van der Waals surface area contributed by atoms with Gasteiger partial charge < -0.3 is 14.6 Å². The van der Waals surface area contributed by atoms with Crippen LogP contribution in [-0.4, -0.2) is 45.0 Å². The second-order valence-electron chi connectivity index (χ2n) is 5.33. The van der Waals surface area contributed by atoms with Gasteiger partial charge in [-0.2, -0.15) is 0 Å². The van der Waals surface area contributed by atoms with E-state index in [9.17, 15) is 8.42 Å². The molecule has 0 aliphatic carbocycles. The number of nitrogens with one attached hydrogen (secondary N) is 1. The molecule has 1 aromatic carbocycles. The average molecular weight is 315 g/mol. The number of sulfonamides is 1. The highest BCUT2D eigenvalue weighted by molar-refractivity contribution is 7.89. The maximum absolute atomic E-state index is 12.4. The summed E-state index contributed by atoms with van der Waals surface area (Å²) in [6.07, 6.45) is 0.477. The van der Waals surface area contributed by atoms with Crippen LogP contribution in [0.25, 0.3) is 0 Å². The first-order chi connectivity index (χ1) is 9.87. The van der Waals surface area contributed by atoms with E-state index in [1.807, 2.05) is 13.8 Å². The number of aliphatic hydroxyl groups excluding tert-OH is 1. The molecular formula is C14H21NO5S. The van der Waals surface area contributed by atoms with Gasteiger partial charge in [0.05, 0.1) is 23.1 Å². The summed E-state index contributed by atoms with van der Waals surface area (Å²) in [5.74, 6) is 0.520. The van der Waals surface area contributed by atoms with E-state index in [4.69, 9.17) is 14.6 Å². The second-order valence-corrected chi connectivity index (χ2v) is 7.01. The highest BCUT2D eigenvalue weighted by atomic mass is 32.2. The first-order valence-corrected chi connectivity index (χ1v) is 8.35. The molecule has 0 bridgehead atoms. The quantitative estimate of drug-likeness (QED) is 0.815. The van der Waals surface area contributed by atoms with Crippen LogP contribution in [0.1, 0.15) is 20.3 Å². The summed E-state index contributed by atoms with van der Waals surface area (Å²) in [5.41, 5.74) is -0.592. The summed E-state index contributed by atoms with van der Waals surface area (Å²) in [5, 5.41) is 8.68. The summed E-state index contributed by atoms with van der Waals surface area (Å²) in [7, 11) is -3.61. The molecule has 1 fully saturated rings. The molecule has 6 nitrogen and oxygen atoms in total. The van der Waals surface area contributed by atoms with Crippen molar-refractivity contribution in [1.82, 2.24) is 4.72 Å². The molecule has 1 saturated heterocycles. The number of aliphatic hydroxyl groups is 1. The molecule has 0 radical (unpaired) electrons. The maximum Gasteiger partial charge on any atom is 0.241 e. The molecule has 0 saturated carbocycles. The number of ether oxygens (including phenoxy) is 2. The Morgan fingerprint density at radius 1 is 1.43 bits per heavy atom. The minimum absolute atomic E-state index is 0.0855. The van der Waals surface area contributed by atoms with Crippen LogP contribution in [-0.2, 0) is 14.8 Å². The summed E-state index contributed by atoms with van der Waals surface area (Å²) < 4.78 is 38.2. The Hall–Kier alpha value is -1.15. The number of rotatable bonds is 6. The van der Waals surface area contributed by atoms with Crippen LogP contribution < -0.4 is 9.46 Å². The summed E-state index contributed by atoms with van der Waals surface area (Å²) in [4.78, 5) is 0.180. The Morgan fingerprint density at radius 3 is 2.62 bits per heavy atom. The van der Waals surface area contributed by atoms with E-state index in [0.29, 0.717) is 18.8 Å². The normalized spacial score (nSPS) is 26.0. The lowest BCUT2D eigenvalue weighted by Gasteiger charge is -2.28. The highest BCUT2D eigenvalue weighted by Gasteiger charge is 2.40. The third kappa shape index (κ3) is 3.74. The summed E-state index contributed by atoms with van der Waals surface area (Å²) >= 11 is 0. The van der Waals surface area contributed by atoms with E-state index < -0.39 is 15.6 Å². The Morgan fingerprint density at radius 2 is 2.10 bits per heavy atom. The molecule has 1 heterocycles. The monoisotopic (exact) mass is 315 g/mol. The number of hydrogen-bond acceptors (Lipinski definition) is 5. The van der Waals surface area contributed by atoms with E-state index in [0.717, 1.165) is 0 Å². The van der Waals surface area contributed by atoms with Crippen molar-refractivity contribution >= 4 is 10.0 Å². The smallest absolute Gasteiger partial charge is 0.241 e. The van der Waals surface area contributed by atoms with E-state index in [1.165, 1.54) is 12.1 Å². The molecule has 21 heavy (non-hydrogen) atoms. The minimum atomic E-state index is -3.61. The van der Waals surface area contributed by atoms with Gasteiger partial charge in [0.25, 0.3) is 0 Å². The molecule has 0 amide bonds. The Balaban J connectivity index is 2.12. The van der Waals surface area contributed by atoms with Crippen molar-refractivity contribution in [2.24, 2.45) is 0 Å². The van der Waals surface area contributed by atoms with E-state index >= 15 is 0 Å². The lowest BCUT2D eigenvalue weighted by atomic mass is 9.97. The van der Waals surface area contributed by atoms with Gasteiger partial charge in [-0.1, -0.05) is 0 Å². The van der Waals surface area contributed by atoms with Crippen molar-refractivity contribution in [2.45, 2.75) is 36.8 Å². The fourth-order valence-electron chi connectivity index (χ4n) is 2.21. The average Bonchev–Trinajstić information content (AvgIpc) is 2.75. The molecule has 0 spiro atoms. The van der Waals surface area contributed by atoms with E-state index in [1.54, 1.807) is 12.1 Å². The summed E-state index contributed by atoms with van der Waals surface area (Å²) in [6, 6.07) is 6.11. The van der Waals surface area contributed by atoms with Gasteiger partial charge in [-0.05, 0) is 44.5 Å². The Bertz CT molecular complexity index is 572. The van der Waals surface area contributed by atoms with Crippen LogP contribution in [0.15, 0.2) is 29.2 Å². The number of hydrogen-bond donors (Lipinski definition) is 2. The minimum Gasteiger partial charge on any atom is -0.491 e. The van der Waals surface area contributed by atoms with Gasteiger partial charge in [-0.3, -0.25) is 0 Å². The largest absolute Gasteiger partial charge is 0.491 e. The Kier molecular flexibility index (Phi) is 4.88. The molecule has 1 aromatic rings. The van der Waals surface area contributed by atoms with E-state index in [-0.39, 0.29) is 24.2 Å². The van der Waals surface area contributed by atoms with Crippen LogP contribution >= 0.6 is 0 Å². The highest BCUT2D eigenvalue weighted by Crippen LogP contribution is 2.27. The first kappa shape index (κ1) is 16.2. The van der Waals surface area contributed by atoms with Crippen LogP contribution in [0, 0.1) is 0 Å². The second kappa shape index (κ2) is 6.31. The molecule has 2 unspecified atom stereocenters. The molecular weight excluding hydrogens is 294 g/mol. The predicted molar refractivity (Wildman–Crippen MR) is 77.8 cm³/mol. The zero-order valence-corrected chi connectivity index (χ0v) is 13.0. The molecule has 0 aromatic heterocycles. The van der Waals surface area contributed by atoms with Crippen molar-refractivity contribution in [3.05, 3.63) is 24.3 Å². The molecule has 118 valence electrons. The molecule has 1 aliphatic rings. The van der Waals surface area contributed by atoms with Gasteiger partial charge in [-0.15, -0.1) is 0 Å². The van der Waals surface area contributed by atoms with Gasteiger partial charge in [-0.25, -0.2) is 13.1 Å². The zero-order chi connectivity index (χ0) is 15.5. The molecule has 2 rings (SSSR count). The van der Waals surface area contributed by atoms with Crippen LogP contribution in [0.5, 0.6) is 5.75 Å². The zero-order valence-electron chi connectivity index (χ0n) is 12.2. The topological polar surface area (TPSA) is 84.9 Å². The maximum atomic E-state index is 12.4. The Labute approximate surface area is 125 Å².